The Labute approximate surface area is 70.6 Å². The van der Waals surface area contributed by atoms with Gasteiger partial charge in [0.1, 0.15) is 0 Å². The lowest BCUT2D eigenvalue weighted by molar-refractivity contribution is 1.20. The number of hydrogen-bond acceptors (Lipinski definition) is 3. The van der Waals surface area contributed by atoms with Crippen LogP contribution < -0.4 is 11.1 Å². The van der Waals surface area contributed by atoms with Gasteiger partial charge in [0.15, 0.2) is 5.15 Å². The first kappa shape index (κ1) is 8.14. The van der Waals surface area contributed by atoms with E-state index in [9.17, 15) is 0 Å². The highest BCUT2D eigenvalue weighted by Gasteiger charge is 2.01. The standard InChI is InChI=1S/C7H10ClN3/c1-2-10-5-3-4-11-7(8)6(5)9/h3-4H,2,9H2,1H3,(H,10,11). The summed E-state index contributed by atoms with van der Waals surface area (Å²) in [7, 11) is 0. The molecule has 0 bridgehead atoms. The summed E-state index contributed by atoms with van der Waals surface area (Å²) in [5.74, 6) is 0. The number of halogens is 1. The largest absolute Gasteiger partial charge is 0.395 e. The van der Waals surface area contributed by atoms with E-state index in [1.165, 1.54) is 0 Å². The van der Waals surface area contributed by atoms with Gasteiger partial charge in [-0.25, -0.2) is 4.98 Å². The lowest BCUT2D eigenvalue weighted by Gasteiger charge is -2.06. The zero-order chi connectivity index (χ0) is 8.27. The molecule has 1 aromatic heterocycles. The third-order valence-corrected chi connectivity index (χ3v) is 1.61. The summed E-state index contributed by atoms with van der Waals surface area (Å²) in [6, 6.07) is 1.80. The van der Waals surface area contributed by atoms with Crippen molar-refractivity contribution in [3.63, 3.8) is 0 Å². The van der Waals surface area contributed by atoms with Crippen LogP contribution in [0, 0.1) is 0 Å². The number of nitrogens with one attached hydrogen (secondary N) is 1. The molecule has 0 fully saturated rings. The molecule has 0 saturated heterocycles. The van der Waals surface area contributed by atoms with Crippen LogP contribution in [0.1, 0.15) is 6.92 Å². The van der Waals surface area contributed by atoms with Crippen LogP contribution >= 0.6 is 11.6 Å². The van der Waals surface area contributed by atoms with Gasteiger partial charge in [0.25, 0.3) is 0 Å². The Balaban J connectivity index is 2.96. The van der Waals surface area contributed by atoms with Crippen LogP contribution in [0.2, 0.25) is 5.15 Å². The first-order valence-corrected chi connectivity index (χ1v) is 3.77. The van der Waals surface area contributed by atoms with Crippen molar-refractivity contribution in [1.82, 2.24) is 4.98 Å². The minimum atomic E-state index is 0.350. The Morgan fingerprint density at radius 3 is 3.09 bits per heavy atom. The van der Waals surface area contributed by atoms with Gasteiger partial charge in [0, 0.05) is 12.7 Å². The Kier molecular flexibility index (Phi) is 2.54. The van der Waals surface area contributed by atoms with Crippen molar-refractivity contribution in [1.29, 1.82) is 0 Å². The Morgan fingerprint density at radius 1 is 1.73 bits per heavy atom. The maximum absolute atomic E-state index is 5.67. The lowest BCUT2D eigenvalue weighted by Crippen LogP contribution is -2.01. The molecular weight excluding hydrogens is 162 g/mol. The van der Waals surface area contributed by atoms with Crippen LogP contribution in [0.25, 0.3) is 0 Å². The van der Waals surface area contributed by atoms with E-state index in [2.05, 4.69) is 10.3 Å². The number of anilines is 2. The van der Waals surface area contributed by atoms with Crippen molar-refractivity contribution in [2.75, 3.05) is 17.6 Å². The van der Waals surface area contributed by atoms with Gasteiger partial charge in [-0.05, 0) is 13.0 Å². The maximum Gasteiger partial charge on any atom is 0.153 e. The summed E-state index contributed by atoms with van der Waals surface area (Å²) in [4.78, 5) is 3.82. The maximum atomic E-state index is 5.67. The predicted molar refractivity (Wildman–Crippen MR) is 47.8 cm³/mol. The molecule has 0 atom stereocenters. The molecule has 60 valence electrons. The van der Waals surface area contributed by atoms with E-state index in [1.807, 2.05) is 6.92 Å². The molecule has 1 heterocycles. The number of nitrogen functional groups attached to an aromatic ring is 1. The van der Waals surface area contributed by atoms with Crippen molar-refractivity contribution in [2.24, 2.45) is 0 Å². The molecule has 11 heavy (non-hydrogen) atoms. The summed E-state index contributed by atoms with van der Waals surface area (Å²) >= 11 is 5.67. The monoisotopic (exact) mass is 171 g/mol. The number of aromatic nitrogens is 1. The van der Waals surface area contributed by atoms with Crippen molar-refractivity contribution < 1.29 is 0 Å². The molecule has 3 nitrogen and oxygen atoms in total. The molecule has 0 aliphatic heterocycles. The fourth-order valence-electron chi connectivity index (χ4n) is 0.792. The summed E-state index contributed by atoms with van der Waals surface area (Å²) < 4.78 is 0. The zero-order valence-corrected chi connectivity index (χ0v) is 7.02. The highest BCUT2D eigenvalue weighted by atomic mass is 35.5. The van der Waals surface area contributed by atoms with E-state index < -0.39 is 0 Å². The molecule has 1 aromatic rings. The van der Waals surface area contributed by atoms with Crippen LogP contribution in [0.3, 0.4) is 0 Å². The van der Waals surface area contributed by atoms with Crippen molar-refractivity contribution in [2.45, 2.75) is 6.92 Å². The second kappa shape index (κ2) is 3.44. The molecule has 0 amide bonds. The van der Waals surface area contributed by atoms with E-state index in [0.717, 1.165) is 12.2 Å². The van der Waals surface area contributed by atoms with E-state index in [-0.39, 0.29) is 0 Å². The van der Waals surface area contributed by atoms with Crippen molar-refractivity contribution in [3.05, 3.63) is 17.4 Å². The van der Waals surface area contributed by atoms with Crippen molar-refractivity contribution in [3.8, 4) is 0 Å². The number of hydrogen-bond donors (Lipinski definition) is 2. The smallest absolute Gasteiger partial charge is 0.153 e. The Hall–Kier alpha value is -0.960. The topological polar surface area (TPSA) is 50.9 Å². The number of rotatable bonds is 2. The normalized spacial score (nSPS) is 9.64. The molecule has 0 radical (unpaired) electrons. The number of nitrogens with zero attached hydrogens (tertiary/aromatic N) is 1. The second-order valence-electron chi connectivity index (χ2n) is 2.09. The van der Waals surface area contributed by atoms with Crippen LogP contribution in [-0.4, -0.2) is 11.5 Å². The van der Waals surface area contributed by atoms with Gasteiger partial charge >= 0.3 is 0 Å². The van der Waals surface area contributed by atoms with Gasteiger partial charge in [0.05, 0.1) is 11.4 Å². The van der Waals surface area contributed by atoms with Gasteiger partial charge in [0.2, 0.25) is 0 Å². The highest BCUT2D eigenvalue weighted by molar-refractivity contribution is 6.32. The Morgan fingerprint density at radius 2 is 2.45 bits per heavy atom. The second-order valence-corrected chi connectivity index (χ2v) is 2.45. The van der Waals surface area contributed by atoms with E-state index in [0.29, 0.717) is 10.8 Å². The molecule has 0 aliphatic rings. The van der Waals surface area contributed by atoms with Crippen LogP contribution in [0.4, 0.5) is 11.4 Å². The number of pyridine rings is 1. The average molecular weight is 172 g/mol. The lowest BCUT2D eigenvalue weighted by atomic mass is 10.3. The first-order valence-electron chi connectivity index (χ1n) is 3.39. The summed E-state index contributed by atoms with van der Waals surface area (Å²) in [5, 5.41) is 3.42. The highest BCUT2D eigenvalue weighted by Crippen LogP contribution is 2.23. The van der Waals surface area contributed by atoms with E-state index in [4.69, 9.17) is 17.3 Å². The summed E-state index contributed by atoms with van der Waals surface area (Å²) in [6.45, 7) is 2.82. The van der Waals surface area contributed by atoms with Gasteiger partial charge in [-0.15, -0.1) is 0 Å². The van der Waals surface area contributed by atoms with Crippen LogP contribution in [0.5, 0.6) is 0 Å². The first-order chi connectivity index (χ1) is 5.25. The Bertz CT molecular complexity index is 249. The quantitative estimate of drug-likeness (QED) is 0.667. The van der Waals surface area contributed by atoms with Gasteiger partial charge in [-0.1, -0.05) is 11.6 Å². The third kappa shape index (κ3) is 1.74. The van der Waals surface area contributed by atoms with E-state index in [1.54, 1.807) is 12.3 Å². The SMILES string of the molecule is CCNc1ccnc(Cl)c1N. The molecule has 0 spiro atoms. The molecule has 0 aliphatic carbocycles. The van der Waals surface area contributed by atoms with Gasteiger partial charge < -0.3 is 11.1 Å². The van der Waals surface area contributed by atoms with Gasteiger partial charge in [-0.2, -0.15) is 0 Å². The summed E-state index contributed by atoms with van der Waals surface area (Å²) in [6.07, 6.45) is 1.62. The van der Waals surface area contributed by atoms with Crippen molar-refractivity contribution >= 4 is 23.0 Å². The minimum absolute atomic E-state index is 0.350. The fourth-order valence-corrected chi connectivity index (χ4v) is 0.950. The number of nitrogens with two attached hydrogens (primary N) is 1. The predicted octanol–water partition coefficient (Wildman–Crippen LogP) is 1.75. The average Bonchev–Trinajstić information content (AvgIpc) is 1.99. The van der Waals surface area contributed by atoms with E-state index >= 15 is 0 Å². The fraction of sp³-hybridized carbons (Fsp3) is 0.286. The molecule has 1 rings (SSSR count). The molecule has 0 unspecified atom stereocenters. The molecule has 4 heteroatoms. The molecule has 0 aromatic carbocycles. The zero-order valence-electron chi connectivity index (χ0n) is 6.26. The summed E-state index contributed by atoms with van der Waals surface area (Å²) in [5.41, 5.74) is 6.96. The third-order valence-electron chi connectivity index (χ3n) is 1.31. The minimum Gasteiger partial charge on any atom is -0.395 e. The van der Waals surface area contributed by atoms with Gasteiger partial charge in [-0.3, -0.25) is 0 Å². The molecule has 3 N–H and O–H groups in total. The molecular formula is C7H10ClN3. The molecule has 0 saturated carbocycles. The van der Waals surface area contributed by atoms with Crippen LogP contribution in [-0.2, 0) is 0 Å². The van der Waals surface area contributed by atoms with Crippen LogP contribution in [0.15, 0.2) is 12.3 Å².